The van der Waals surface area contributed by atoms with Crippen LogP contribution in [0.2, 0.25) is 0 Å². The van der Waals surface area contributed by atoms with E-state index in [9.17, 15) is 9.90 Å². The van der Waals surface area contributed by atoms with Crippen LogP contribution in [0, 0.1) is 0 Å². The maximum Gasteiger partial charge on any atom is 0.176 e. The van der Waals surface area contributed by atoms with Gasteiger partial charge < -0.3 is 5.11 Å². The number of piperidine rings is 1. The number of carbonyl (C=O) groups excluding carboxylic acids is 1. The Balaban J connectivity index is 1.80. The lowest BCUT2D eigenvalue weighted by Crippen LogP contribution is -2.53. The molecule has 1 heterocycles. The third-order valence-corrected chi connectivity index (χ3v) is 5.56. The van der Waals surface area contributed by atoms with Crippen LogP contribution in [0.15, 0.2) is 54.6 Å². The van der Waals surface area contributed by atoms with Gasteiger partial charge in [-0.15, -0.1) is 0 Å². The van der Waals surface area contributed by atoms with Crippen molar-refractivity contribution < 1.29 is 9.90 Å². The lowest BCUT2D eigenvalue weighted by molar-refractivity contribution is 0.0687. The van der Waals surface area contributed by atoms with Crippen LogP contribution in [0.4, 0.5) is 0 Å². The van der Waals surface area contributed by atoms with Crippen molar-refractivity contribution in [3.63, 3.8) is 0 Å². The number of ketones is 1. The van der Waals surface area contributed by atoms with E-state index < -0.39 is 0 Å². The average Bonchev–Trinajstić information content (AvgIpc) is 2.60. The fourth-order valence-electron chi connectivity index (χ4n) is 3.82. The maximum absolute atomic E-state index is 12.6. The van der Waals surface area contributed by atoms with Crippen molar-refractivity contribution in [2.75, 3.05) is 13.1 Å². The van der Waals surface area contributed by atoms with Gasteiger partial charge in [-0.2, -0.15) is 0 Å². The van der Waals surface area contributed by atoms with Crippen LogP contribution in [0.3, 0.4) is 0 Å². The van der Waals surface area contributed by atoms with Crippen LogP contribution in [0.1, 0.15) is 42.6 Å². The predicted molar refractivity (Wildman–Crippen MR) is 96.5 cm³/mol. The van der Waals surface area contributed by atoms with Gasteiger partial charge >= 0.3 is 0 Å². The minimum Gasteiger partial charge on any atom is -0.508 e. The summed E-state index contributed by atoms with van der Waals surface area (Å²) in [4.78, 5) is 14.9. The number of nitrogens with zero attached hydrogens (tertiary/aromatic N) is 1. The van der Waals surface area contributed by atoms with Crippen molar-refractivity contribution >= 4 is 5.78 Å². The summed E-state index contributed by atoms with van der Waals surface area (Å²) in [6, 6.07) is 17.3. The Kier molecular flexibility index (Phi) is 4.72. The fraction of sp³-hybridized carbons (Fsp3) is 0.381. The highest BCUT2D eigenvalue weighted by Crippen LogP contribution is 2.39. The molecule has 0 unspecified atom stereocenters. The van der Waals surface area contributed by atoms with E-state index in [0.717, 1.165) is 30.5 Å². The number of likely N-dealkylation sites (tertiary alicyclic amines) is 1. The second-order valence-corrected chi connectivity index (χ2v) is 7.01. The standard InChI is InChI=1S/C21H25NO2/c1-16-21(2,18-10-6-11-19(23)14-18)12-7-13-22(16)15-20(24)17-8-4-3-5-9-17/h3-6,8-11,14,16,23H,7,12-13,15H2,1-2H3/t16-,21+/m1/s1. The summed E-state index contributed by atoms with van der Waals surface area (Å²) in [7, 11) is 0. The van der Waals surface area contributed by atoms with E-state index in [4.69, 9.17) is 0 Å². The largest absolute Gasteiger partial charge is 0.508 e. The molecule has 126 valence electrons. The van der Waals surface area contributed by atoms with Gasteiger partial charge in [-0.05, 0) is 44.0 Å². The summed E-state index contributed by atoms with van der Waals surface area (Å²) in [5.74, 6) is 0.473. The van der Waals surface area contributed by atoms with Crippen molar-refractivity contribution in [1.82, 2.24) is 4.90 Å². The van der Waals surface area contributed by atoms with Crippen molar-refractivity contribution in [3.8, 4) is 5.75 Å². The molecule has 3 rings (SSSR count). The van der Waals surface area contributed by atoms with Crippen molar-refractivity contribution in [2.45, 2.75) is 38.1 Å². The van der Waals surface area contributed by atoms with Crippen LogP contribution in [-0.2, 0) is 5.41 Å². The molecule has 2 aromatic carbocycles. The first-order valence-electron chi connectivity index (χ1n) is 8.62. The Morgan fingerprint density at radius 1 is 1.21 bits per heavy atom. The topological polar surface area (TPSA) is 40.5 Å². The molecule has 0 bridgehead atoms. The molecule has 1 N–H and O–H groups in total. The summed E-state index contributed by atoms with van der Waals surface area (Å²) < 4.78 is 0. The van der Waals surface area contributed by atoms with Gasteiger partial charge in [0.15, 0.2) is 5.78 Å². The first-order valence-corrected chi connectivity index (χ1v) is 8.62. The number of carbonyl (C=O) groups is 1. The number of aromatic hydroxyl groups is 1. The van der Waals surface area contributed by atoms with Crippen molar-refractivity contribution in [1.29, 1.82) is 0 Å². The van der Waals surface area contributed by atoms with Gasteiger partial charge in [0.2, 0.25) is 0 Å². The predicted octanol–water partition coefficient (Wildman–Crippen LogP) is 4.02. The highest BCUT2D eigenvalue weighted by molar-refractivity contribution is 5.97. The zero-order chi connectivity index (χ0) is 17.2. The SMILES string of the molecule is C[C@H]1N(CC(=O)c2ccccc2)CCC[C@]1(C)c1cccc(O)c1. The molecule has 1 aliphatic rings. The molecule has 3 nitrogen and oxygen atoms in total. The summed E-state index contributed by atoms with van der Waals surface area (Å²) in [6.45, 7) is 5.82. The first kappa shape index (κ1) is 16.7. The van der Waals surface area contributed by atoms with Gasteiger partial charge in [0.1, 0.15) is 5.75 Å². The summed E-state index contributed by atoms with van der Waals surface area (Å²) in [5.41, 5.74) is 1.86. The zero-order valence-corrected chi connectivity index (χ0v) is 14.4. The number of hydrogen-bond donors (Lipinski definition) is 1. The Bertz CT molecular complexity index is 713. The number of phenolic OH excluding ortho intramolecular Hbond substituents is 1. The second-order valence-electron chi connectivity index (χ2n) is 7.01. The van der Waals surface area contributed by atoms with E-state index in [1.165, 1.54) is 0 Å². The number of rotatable bonds is 4. The van der Waals surface area contributed by atoms with Crippen LogP contribution in [0.25, 0.3) is 0 Å². The molecule has 24 heavy (non-hydrogen) atoms. The number of hydrogen-bond acceptors (Lipinski definition) is 3. The Morgan fingerprint density at radius 3 is 2.67 bits per heavy atom. The molecular weight excluding hydrogens is 298 g/mol. The third kappa shape index (κ3) is 3.22. The average molecular weight is 323 g/mol. The summed E-state index contributed by atoms with van der Waals surface area (Å²) >= 11 is 0. The molecule has 2 aromatic rings. The fourth-order valence-corrected chi connectivity index (χ4v) is 3.82. The van der Waals surface area contributed by atoms with Gasteiger partial charge in [-0.25, -0.2) is 0 Å². The quantitative estimate of drug-likeness (QED) is 0.864. The normalized spacial score (nSPS) is 24.7. The van der Waals surface area contributed by atoms with E-state index in [2.05, 4.69) is 24.8 Å². The smallest absolute Gasteiger partial charge is 0.176 e. The van der Waals surface area contributed by atoms with Crippen LogP contribution in [-0.4, -0.2) is 34.9 Å². The molecule has 3 heteroatoms. The minimum absolute atomic E-state index is 0.0615. The van der Waals surface area contributed by atoms with Gasteiger partial charge in [0.05, 0.1) is 6.54 Å². The Morgan fingerprint density at radius 2 is 1.96 bits per heavy atom. The molecular formula is C21H25NO2. The zero-order valence-electron chi connectivity index (χ0n) is 14.4. The van der Waals surface area contributed by atoms with Gasteiger partial charge in [-0.3, -0.25) is 9.69 Å². The van der Waals surface area contributed by atoms with Gasteiger partial charge in [0.25, 0.3) is 0 Å². The lowest BCUT2D eigenvalue weighted by atomic mass is 9.70. The number of benzene rings is 2. The van der Waals surface area contributed by atoms with Crippen LogP contribution < -0.4 is 0 Å². The van der Waals surface area contributed by atoms with E-state index in [1.807, 2.05) is 42.5 Å². The highest BCUT2D eigenvalue weighted by atomic mass is 16.3. The van der Waals surface area contributed by atoms with Crippen molar-refractivity contribution in [3.05, 3.63) is 65.7 Å². The molecule has 0 amide bonds. The molecule has 1 fully saturated rings. The second kappa shape index (κ2) is 6.78. The monoisotopic (exact) mass is 323 g/mol. The molecule has 0 aliphatic carbocycles. The molecule has 0 saturated carbocycles. The molecule has 0 aromatic heterocycles. The molecule has 1 aliphatic heterocycles. The molecule has 0 spiro atoms. The molecule has 2 atom stereocenters. The van der Waals surface area contributed by atoms with Crippen LogP contribution in [0.5, 0.6) is 5.75 Å². The Labute approximate surface area is 143 Å². The van der Waals surface area contributed by atoms with E-state index in [1.54, 1.807) is 6.07 Å². The minimum atomic E-state index is -0.0615. The number of phenols is 1. The van der Waals surface area contributed by atoms with Crippen molar-refractivity contribution in [2.24, 2.45) is 0 Å². The highest BCUT2D eigenvalue weighted by Gasteiger charge is 2.40. The number of Topliss-reactive ketones (excluding diaryl/α,β-unsaturated/α-hetero) is 1. The van der Waals surface area contributed by atoms with E-state index in [0.29, 0.717) is 12.3 Å². The summed E-state index contributed by atoms with van der Waals surface area (Å²) in [6.07, 6.45) is 2.12. The van der Waals surface area contributed by atoms with Gasteiger partial charge in [0, 0.05) is 17.0 Å². The lowest BCUT2D eigenvalue weighted by Gasteiger charge is -2.47. The first-order chi connectivity index (χ1) is 11.5. The Hall–Kier alpha value is -2.13. The molecule has 0 radical (unpaired) electrons. The van der Waals surface area contributed by atoms with E-state index in [-0.39, 0.29) is 17.2 Å². The summed E-state index contributed by atoms with van der Waals surface area (Å²) in [5, 5.41) is 9.84. The van der Waals surface area contributed by atoms with Gasteiger partial charge in [-0.1, -0.05) is 49.4 Å². The maximum atomic E-state index is 12.6. The molecule has 1 saturated heterocycles. The third-order valence-electron chi connectivity index (χ3n) is 5.56. The van der Waals surface area contributed by atoms with Crippen LogP contribution >= 0.6 is 0 Å². The van der Waals surface area contributed by atoms with E-state index >= 15 is 0 Å².